The Morgan fingerprint density at radius 1 is 1.25 bits per heavy atom. The van der Waals surface area contributed by atoms with Crippen molar-refractivity contribution >= 4 is 11.8 Å². The summed E-state index contributed by atoms with van der Waals surface area (Å²) in [6.07, 6.45) is 4.53. The highest BCUT2D eigenvalue weighted by Gasteiger charge is 1.89. The van der Waals surface area contributed by atoms with Crippen molar-refractivity contribution in [2.75, 3.05) is 19.0 Å². The first-order valence-electron chi connectivity index (χ1n) is 4.50. The van der Waals surface area contributed by atoms with E-state index in [4.69, 9.17) is 10.00 Å². The molecule has 0 aliphatic rings. The van der Waals surface area contributed by atoms with Gasteiger partial charge in [-0.3, -0.25) is 0 Å². The van der Waals surface area contributed by atoms with E-state index in [1.165, 1.54) is 18.2 Å². The van der Waals surface area contributed by atoms with Gasteiger partial charge in [-0.1, -0.05) is 13.3 Å². The van der Waals surface area contributed by atoms with Crippen LogP contribution in [-0.4, -0.2) is 19.0 Å². The van der Waals surface area contributed by atoms with E-state index in [1.54, 1.807) is 0 Å². The van der Waals surface area contributed by atoms with E-state index in [0.29, 0.717) is 0 Å². The summed E-state index contributed by atoms with van der Waals surface area (Å²) >= 11 is 1.33. The molecule has 0 radical (unpaired) electrons. The molecule has 0 aromatic heterocycles. The van der Waals surface area contributed by atoms with Crippen LogP contribution in [0.2, 0.25) is 0 Å². The van der Waals surface area contributed by atoms with Gasteiger partial charge in [0.1, 0.15) is 5.40 Å². The summed E-state index contributed by atoms with van der Waals surface area (Å²) in [6.45, 7) is 3.90. The van der Waals surface area contributed by atoms with Crippen molar-refractivity contribution in [2.24, 2.45) is 0 Å². The molecule has 0 saturated carbocycles. The monoisotopic (exact) mass is 187 g/mol. The third-order valence-corrected chi connectivity index (χ3v) is 2.11. The smallest absolute Gasteiger partial charge is 0.133 e. The van der Waals surface area contributed by atoms with Crippen LogP contribution in [0.1, 0.15) is 32.6 Å². The molecule has 0 aromatic rings. The Kier molecular flexibility index (Phi) is 10.6. The largest absolute Gasteiger partial charge is 0.381 e. The summed E-state index contributed by atoms with van der Waals surface area (Å²) in [7, 11) is 0. The van der Waals surface area contributed by atoms with Crippen LogP contribution in [0.4, 0.5) is 0 Å². The summed E-state index contributed by atoms with van der Waals surface area (Å²) in [5.41, 5.74) is 0. The molecule has 0 N–H and O–H groups in total. The number of hydrogen-bond donors (Lipinski definition) is 0. The average Bonchev–Trinajstić information content (AvgIpc) is 2.10. The van der Waals surface area contributed by atoms with Gasteiger partial charge >= 0.3 is 0 Å². The summed E-state index contributed by atoms with van der Waals surface area (Å²) in [6, 6.07) is 0. The van der Waals surface area contributed by atoms with Crippen molar-refractivity contribution in [1.82, 2.24) is 0 Å². The predicted octanol–water partition coefficient (Wildman–Crippen LogP) is 2.80. The number of unbranched alkanes of at least 4 members (excludes halogenated alkanes) is 2. The highest BCUT2D eigenvalue weighted by atomic mass is 32.2. The van der Waals surface area contributed by atoms with Crippen molar-refractivity contribution in [3.05, 3.63) is 0 Å². The maximum atomic E-state index is 8.22. The number of thioether (sulfide) groups is 1. The summed E-state index contributed by atoms with van der Waals surface area (Å²) < 4.78 is 5.36. The van der Waals surface area contributed by atoms with Crippen LogP contribution < -0.4 is 0 Å². The molecule has 70 valence electrons. The Morgan fingerprint density at radius 3 is 2.67 bits per heavy atom. The second kappa shape index (κ2) is 10.8. The molecule has 3 heteroatoms. The molecule has 0 aliphatic carbocycles. The van der Waals surface area contributed by atoms with E-state index < -0.39 is 0 Å². The van der Waals surface area contributed by atoms with Crippen LogP contribution in [0.25, 0.3) is 0 Å². The number of hydrogen-bond acceptors (Lipinski definition) is 3. The molecule has 0 fully saturated rings. The van der Waals surface area contributed by atoms with Crippen molar-refractivity contribution < 1.29 is 4.74 Å². The Bertz CT molecular complexity index is 122. The number of rotatable bonds is 8. The van der Waals surface area contributed by atoms with Crippen molar-refractivity contribution in [3.63, 3.8) is 0 Å². The van der Waals surface area contributed by atoms with Gasteiger partial charge in [-0.2, -0.15) is 5.26 Å². The van der Waals surface area contributed by atoms with Crippen molar-refractivity contribution in [2.45, 2.75) is 32.6 Å². The molecular formula is C9H17NOS. The summed E-state index contributed by atoms with van der Waals surface area (Å²) in [5, 5.41) is 10.3. The van der Waals surface area contributed by atoms with Gasteiger partial charge in [0.05, 0.1) is 0 Å². The van der Waals surface area contributed by atoms with Gasteiger partial charge in [0, 0.05) is 19.0 Å². The minimum absolute atomic E-state index is 0.853. The molecule has 12 heavy (non-hydrogen) atoms. The first-order chi connectivity index (χ1) is 5.91. The maximum absolute atomic E-state index is 8.22. The number of nitriles is 1. The van der Waals surface area contributed by atoms with Gasteiger partial charge in [0.2, 0.25) is 0 Å². The zero-order chi connectivity index (χ0) is 9.07. The Morgan fingerprint density at radius 2 is 2.00 bits per heavy atom. The third-order valence-electron chi connectivity index (χ3n) is 1.49. The average molecular weight is 187 g/mol. The minimum atomic E-state index is 0.853. The summed E-state index contributed by atoms with van der Waals surface area (Å²) in [5.74, 6) is 0.938. The fourth-order valence-corrected chi connectivity index (χ4v) is 1.21. The molecule has 0 heterocycles. The van der Waals surface area contributed by atoms with E-state index in [-0.39, 0.29) is 0 Å². The molecule has 0 unspecified atom stereocenters. The highest BCUT2D eigenvalue weighted by Crippen LogP contribution is 2.01. The van der Waals surface area contributed by atoms with Crippen LogP contribution >= 0.6 is 11.8 Å². The molecule has 0 rings (SSSR count). The van der Waals surface area contributed by atoms with Crippen LogP contribution in [0, 0.1) is 10.7 Å². The molecule has 0 atom stereocenters. The topological polar surface area (TPSA) is 33.0 Å². The van der Waals surface area contributed by atoms with Crippen molar-refractivity contribution in [1.29, 1.82) is 5.26 Å². The van der Waals surface area contributed by atoms with Gasteiger partial charge in [-0.25, -0.2) is 0 Å². The molecule has 0 spiro atoms. The summed E-state index contributed by atoms with van der Waals surface area (Å²) in [4.78, 5) is 0. The third kappa shape index (κ3) is 9.80. The normalized spacial score (nSPS) is 9.67. The molecule has 2 nitrogen and oxygen atoms in total. The maximum Gasteiger partial charge on any atom is 0.133 e. The van der Waals surface area contributed by atoms with Crippen LogP contribution in [-0.2, 0) is 4.74 Å². The van der Waals surface area contributed by atoms with E-state index in [0.717, 1.165) is 38.2 Å². The lowest BCUT2D eigenvalue weighted by atomic mass is 10.3. The number of thiocyanates is 1. The Labute approximate surface area is 79.3 Å². The van der Waals surface area contributed by atoms with E-state index in [1.807, 2.05) is 0 Å². The standard InChI is InChI=1S/C9H17NOS/c1-2-3-6-11-7-4-5-8-12-9-10/h2-8H2,1H3. The van der Waals surface area contributed by atoms with Crippen LogP contribution in [0.5, 0.6) is 0 Å². The van der Waals surface area contributed by atoms with Gasteiger partial charge in [-0.05, 0) is 31.0 Å². The van der Waals surface area contributed by atoms with Gasteiger partial charge in [0.15, 0.2) is 0 Å². The molecule has 0 aromatic carbocycles. The molecule has 0 bridgehead atoms. The Balaban J connectivity index is 2.78. The highest BCUT2D eigenvalue weighted by molar-refractivity contribution is 8.03. The second-order valence-electron chi connectivity index (χ2n) is 2.61. The van der Waals surface area contributed by atoms with Gasteiger partial charge in [-0.15, -0.1) is 0 Å². The SMILES string of the molecule is CCCCOCCCCSC#N. The lowest BCUT2D eigenvalue weighted by molar-refractivity contribution is 0.128. The van der Waals surface area contributed by atoms with E-state index in [9.17, 15) is 0 Å². The first-order valence-corrected chi connectivity index (χ1v) is 5.49. The quantitative estimate of drug-likeness (QED) is 0.433. The predicted molar refractivity (Wildman–Crippen MR) is 53.0 cm³/mol. The zero-order valence-corrected chi connectivity index (χ0v) is 8.53. The lowest BCUT2D eigenvalue weighted by Gasteiger charge is -2.01. The van der Waals surface area contributed by atoms with Crippen LogP contribution in [0.15, 0.2) is 0 Å². The number of ether oxygens (including phenoxy) is 1. The molecular weight excluding hydrogens is 170 g/mol. The van der Waals surface area contributed by atoms with Gasteiger partial charge in [0.25, 0.3) is 0 Å². The minimum Gasteiger partial charge on any atom is -0.381 e. The number of nitrogens with zero attached hydrogens (tertiary/aromatic N) is 1. The zero-order valence-electron chi connectivity index (χ0n) is 7.71. The lowest BCUT2D eigenvalue weighted by Crippen LogP contribution is -1.96. The molecule has 0 aliphatic heterocycles. The fraction of sp³-hybridized carbons (Fsp3) is 0.889. The van der Waals surface area contributed by atoms with E-state index >= 15 is 0 Å². The van der Waals surface area contributed by atoms with E-state index in [2.05, 4.69) is 12.3 Å². The Hall–Kier alpha value is -0.200. The molecule has 0 saturated heterocycles. The van der Waals surface area contributed by atoms with Crippen LogP contribution in [0.3, 0.4) is 0 Å². The molecule has 0 amide bonds. The van der Waals surface area contributed by atoms with Crippen molar-refractivity contribution in [3.8, 4) is 5.40 Å². The first kappa shape index (κ1) is 11.8. The second-order valence-corrected chi connectivity index (χ2v) is 3.49. The fourth-order valence-electron chi connectivity index (χ4n) is 0.772. The van der Waals surface area contributed by atoms with Gasteiger partial charge < -0.3 is 4.74 Å².